The lowest BCUT2D eigenvalue weighted by atomic mass is 9.99. The van der Waals surface area contributed by atoms with Gasteiger partial charge in [0.1, 0.15) is 11.5 Å². The van der Waals surface area contributed by atoms with Crippen LogP contribution in [0.2, 0.25) is 0 Å². The number of hydrogen-bond donors (Lipinski definition) is 2. The molecule has 0 aliphatic carbocycles. The van der Waals surface area contributed by atoms with E-state index in [1.54, 1.807) is 11.0 Å². The summed E-state index contributed by atoms with van der Waals surface area (Å²) in [6, 6.07) is 1.80. The lowest BCUT2D eigenvalue weighted by molar-refractivity contribution is 0.0625. The number of aliphatic hydroxyl groups excluding tert-OH is 2. The number of carbonyl (C=O) groups is 1. The molecular weight excluding hydrogens is 262 g/mol. The molecular formula is C14H17NO3S. The van der Waals surface area contributed by atoms with Crippen LogP contribution in [0.25, 0.3) is 0 Å². The third-order valence-corrected chi connectivity index (χ3v) is 4.13. The van der Waals surface area contributed by atoms with Gasteiger partial charge in [0.2, 0.25) is 0 Å². The summed E-state index contributed by atoms with van der Waals surface area (Å²) in [4.78, 5) is 14.8. The van der Waals surface area contributed by atoms with Crippen LogP contribution in [-0.4, -0.2) is 47.3 Å². The molecule has 1 amide bonds. The van der Waals surface area contributed by atoms with Gasteiger partial charge < -0.3 is 15.1 Å². The molecule has 19 heavy (non-hydrogen) atoms. The zero-order valence-electron chi connectivity index (χ0n) is 10.6. The Morgan fingerprint density at radius 2 is 2.37 bits per heavy atom. The molecule has 5 heteroatoms. The number of nitrogens with zero attached hydrogens (tertiary/aromatic N) is 1. The van der Waals surface area contributed by atoms with Crippen LogP contribution in [0.4, 0.5) is 0 Å². The van der Waals surface area contributed by atoms with Crippen molar-refractivity contribution in [2.45, 2.75) is 12.8 Å². The van der Waals surface area contributed by atoms with Gasteiger partial charge in [-0.15, -0.1) is 11.3 Å². The van der Waals surface area contributed by atoms with Crippen LogP contribution in [-0.2, 0) is 0 Å². The normalized spacial score (nSPS) is 18.8. The minimum absolute atomic E-state index is 0.0182. The number of rotatable bonds is 2. The van der Waals surface area contributed by atoms with Gasteiger partial charge in [0.15, 0.2) is 0 Å². The van der Waals surface area contributed by atoms with Crippen molar-refractivity contribution in [1.82, 2.24) is 4.90 Å². The molecule has 1 unspecified atom stereocenters. The van der Waals surface area contributed by atoms with Crippen molar-refractivity contribution in [2.75, 3.05) is 26.3 Å². The molecule has 0 saturated carbocycles. The van der Waals surface area contributed by atoms with Gasteiger partial charge in [-0.05, 0) is 30.2 Å². The highest BCUT2D eigenvalue weighted by molar-refractivity contribution is 7.12. The van der Waals surface area contributed by atoms with E-state index >= 15 is 0 Å². The van der Waals surface area contributed by atoms with Crippen molar-refractivity contribution in [3.8, 4) is 11.8 Å². The van der Waals surface area contributed by atoms with E-state index in [-0.39, 0.29) is 25.0 Å². The van der Waals surface area contributed by atoms with E-state index in [0.717, 1.165) is 19.4 Å². The minimum atomic E-state index is -0.209. The maximum absolute atomic E-state index is 12.4. The maximum atomic E-state index is 12.4. The van der Waals surface area contributed by atoms with Gasteiger partial charge in [-0.3, -0.25) is 4.79 Å². The lowest BCUT2D eigenvalue weighted by Gasteiger charge is -2.31. The summed E-state index contributed by atoms with van der Waals surface area (Å²) < 4.78 is 0. The fourth-order valence-electron chi connectivity index (χ4n) is 2.25. The number of aliphatic hydroxyl groups is 2. The first-order valence-corrected chi connectivity index (χ1v) is 7.21. The topological polar surface area (TPSA) is 60.8 Å². The first-order chi connectivity index (χ1) is 9.26. The quantitative estimate of drug-likeness (QED) is 0.792. The summed E-state index contributed by atoms with van der Waals surface area (Å²) >= 11 is 1.37. The number of likely N-dealkylation sites (tertiary alicyclic amines) is 1. The predicted molar refractivity (Wildman–Crippen MR) is 74.0 cm³/mol. The molecule has 0 spiro atoms. The van der Waals surface area contributed by atoms with Gasteiger partial charge in [-0.1, -0.05) is 11.8 Å². The van der Waals surface area contributed by atoms with Gasteiger partial charge in [0.25, 0.3) is 5.91 Å². The molecule has 1 atom stereocenters. The molecule has 1 aliphatic heterocycles. The lowest BCUT2D eigenvalue weighted by Crippen LogP contribution is -2.40. The van der Waals surface area contributed by atoms with Crippen LogP contribution in [0.3, 0.4) is 0 Å². The number of carbonyl (C=O) groups excluding carboxylic acids is 1. The Labute approximate surface area is 116 Å². The SMILES string of the molecule is O=C(c1sccc1C#CCO)N1CCCC(CO)C1. The van der Waals surface area contributed by atoms with Crippen LogP contribution in [0.1, 0.15) is 28.1 Å². The molecule has 2 N–H and O–H groups in total. The Bertz CT molecular complexity index is 500. The van der Waals surface area contributed by atoms with E-state index in [2.05, 4.69) is 11.8 Å². The fourth-order valence-corrected chi connectivity index (χ4v) is 3.07. The number of thiophene rings is 1. The highest BCUT2D eigenvalue weighted by Gasteiger charge is 2.25. The third kappa shape index (κ3) is 3.35. The number of piperidine rings is 1. The zero-order chi connectivity index (χ0) is 13.7. The standard InChI is InChI=1S/C14H17NO3S/c16-7-2-4-12-5-8-19-13(12)14(18)15-6-1-3-11(9-15)10-17/h5,8,11,16-17H,1,3,6-7,9-10H2. The summed E-state index contributed by atoms with van der Waals surface area (Å²) in [6.07, 6.45) is 1.90. The second kappa shape index (κ2) is 6.71. The largest absolute Gasteiger partial charge is 0.396 e. The van der Waals surface area contributed by atoms with E-state index < -0.39 is 0 Å². The Kier molecular flexibility index (Phi) is 4.97. The average molecular weight is 279 g/mol. The number of hydrogen-bond acceptors (Lipinski definition) is 4. The van der Waals surface area contributed by atoms with Gasteiger partial charge in [-0.2, -0.15) is 0 Å². The van der Waals surface area contributed by atoms with Crippen molar-refractivity contribution in [3.63, 3.8) is 0 Å². The van der Waals surface area contributed by atoms with Crippen LogP contribution >= 0.6 is 11.3 Å². The van der Waals surface area contributed by atoms with Crippen molar-refractivity contribution >= 4 is 17.2 Å². The Morgan fingerprint density at radius 1 is 1.53 bits per heavy atom. The summed E-state index contributed by atoms with van der Waals surface area (Å²) in [5.41, 5.74) is 0.676. The Hall–Kier alpha value is -1.35. The van der Waals surface area contributed by atoms with Crippen LogP contribution in [0, 0.1) is 17.8 Å². The Balaban J connectivity index is 2.13. The number of amides is 1. The predicted octanol–water partition coefficient (Wildman–Crippen LogP) is 0.936. The Morgan fingerprint density at radius 3 is 3.11 bits per heavy atom. The fraction of sp³-hybridized carbons (Fsp3) is 0.500. The van der Waals surface area contributed by atoms with E-state index in [1.807, 2.05) is 5.38 Å². The van der Waals surface area contributed by atoms with Gasteiger partial charge in [0, 0.05) is 25.3 Å². The second-order valence-corrected chi connectivity index (χ2v) is 5.48. The van der Waals surface area contributed by atoms with Crippen LogP contribution in [0.5, 0.6) is 0 Å². The minimum Gasteiger partial charge on any atom is -0.396 e. The molecule has 1 saturated heterocycles. The van der Waals surface area contributed by atoms with Crippen molar-refractivity contribution < 1.29 is 15.0 Å². The molecule has 1 fully saturated rings. The molecule has 0 bridgehead atoms. The zero-order valence-corrected chi connectivity index (χ0v) is 11.4. The molecule has 1 aliphatic rings. The third-order valence-electron chi connectivity index (χ3n) is 3.23. The molecule has 4 nitrogen and oxygen atoms in total. The summed E-state index contributed by atoms with van der Waals surface area (Å²) in [6.45, 7) is 1.27. The molecule has 1 aromatic rings. The van der Waals surface area contributed by atoms with Gasteiger partial charge in [0.05, 0.1) is 0 Å². The first kappa shape index (κ1) is 14.1. The monoisotopic (exact) mass is 279 g/mol. The van der Waals surface area contributed by atoms with E-state index in [9.17, 15) is 9.90 Å². The van der Waals surface area contributed by atoms with E-state index in [1.165, 1.54) is 11.3 Å². The molecule has 2 heterocycles. The average Bonchev–Trinajstić information content (AvgIpc) is 2.92. The van der Waals surface area contributed by atoms with Crippen molar-refractivity contribution in [3.05, 3.63) is 21.9 Å². The van der Waals surface area contributed by atoms with Crippen LogP contribution < -0.4 is 0 Å². The van der Waals surface area contributed by atoms with Crippen LogP contribution in [0.15, 0.2) is 11.4 Å². The second-order valence-electron chi connectivity index (χ2n) is 4.57. The van der Waals surface area contributed by atoms with E-state index in [4.69, 9.17) is 5.11 Å². The highest BCUT2D eigenvalue weighted by atomic mass is 32.1. The molecule has 2 rings (SSSR count). The van der Waals surface area contributed by atoms with Crippen molar-refractivity contribution in [1.29, 1.82) is 0 Å². The van der Waals surface area contributed by atoms with Gasteiger partial charge >= 0.3 is 0 Å². The van der Waals surface area contributed by atoms with Crippen molar-refractivity contribution in [2.24, 2.45) is 5.92 Å². The van der Waals surface area contributed by atoms with E-state index in [0.29, 0.717) is 17.0 Å². The molecule has 0 aromatic carbocycles. The molecule has 102 valence electrons. The summed E-state index contributed by atoms with van der Waals surface area (Å²) in [5, 5.41) is 19.8. The molecule has 1 aromatic heterocycles. The highest BCUT2D eigenvalue weighted by Crippen LogP contribution is 2.22. The molecule has 0 radical (unpaired) electrons. The van der Waals surface area contributed by atoms with Gasteiger partial charge in [-0.25, -0.2) is 0 Å². The smallest absolute Gasteiger partial charge is 0.265 e. The summed E-state index contributed by atoms with van der Waals surface area (Å²) in [5.74, 6) is 5.54. The first-order valence-electron chi connectivity index (χ1n) is 6.33. The maximum Gasteiger partial charge on any atom is 0.265 e. The summed E-state index contributed by atoms with van der Waals surface area (Å²) in [7, 11) is 0.